The van der Waals surface area contributed by atoms with E-state index < -0.39 is 0 Å². The van der Waals surface area contributed by atoms with Crippen molar-refractivity contribution in [2.24, 2.45) is 10.8 Å². The van der Waals surface area contributed by atoms with Gasteiger partial charge in [0, 0.05) is 49.0 Å². The van der Waals surface area contributed by atoms with Crippen LogP contribution in [0.3, 0.4) is 0 Å². The average Bonchev–Trinajstić information content (AvgIpc) is 3.51. The minimum absolute atomic E-state index is 0. The number of aromatic nitrogens is 3. The molecule has 0 spiro atoms. The van der Waals surface area contributed by atoms with Gasteiger partial charge in [0.25, 0.3) is 0 Å². The van der Waals surface area contributed by atoms with E-state index in [1.165, 1.54) is 16.7 Å². The van der Waals surface area contributed by atoms with E-state index in [1.54, 1.807) is 6.20 Å². The maximum atomic E-state index is 6.40. The van der Waals surface area contributed by atoms with Crippen molar-refractivity contribution in [3.05, 3.63) is 151 Å². The van der Waals surface area contributed by atoms with Crippen molar-refractivity contribution in [3.63, 3.8) is 0 Å². The van der Waals surface area contributed by atoms with Crippen molar-refractivity contribution in [2.45, 2.75) is 54.4 Å². The molecule has 0 bridgehead atoms. The summed E-state index contributed by atoms with van der Waals surface area (Å²) in [7, 11) is 0. The van der Waals surface area contributed by atoms with E-state index in [2.05, 4.69) is 130 Å². The van der Waals surface area contributed by atoms with Gasteiger partial charge in [0.1, 0.15) is 11.1 Å². The fourth-order valence-corrected chi connectivity index (χ4v) is 6.50. The average molecular weight is 858 g/mol. The fourth-order valence-electron chi connectivity index (χ4n) is 6.50. The van der Waals surface area contributed by atoms with Gasteiger partial charge in [0.15, 0.2) is 0 Å². The van der Waals surface area contributed by atoms with Gasteiger partial charge in [-0.15, -0.1) is 54.1 Å². The monoisotopic (exact) mass is 858 g/mol. The molecule has 52 heavy (non-hydrogen) atoms. The van der Waals surface area contributed by atoms with E-state index in [-0.39, 0.29) is 25.5 Å². The molecule has 4 nitrogen and oxygen atoms in total. The van der Waals surface area contributed by atoms with Crippen LogP contribution in [-0.2, 0) is 32.9 Å². The molecular weight excluding hydrogens is 815 g/mol. The second kappa shape index (κ2) is 15.3. The molecule has 0 saturated heterocycles. The Morgan fingerprint density at radius 3 is 2.04 bits per heavy atom. The van der Waals surface area contributed by atoms with Crippen LogP contribution in [0.5, 0.6) is 0 Å². The van der Waals surface area contributed by atoms with Crippen LogP contribution in [0.2, 0.25) is 0 Å². The summed E-state index contributed by atoms with van der Waals surface area (Å²) >= 11 is 0. The number of hydrogen-bond donors (Lipinski definition) is 0. The normalized spacial score (nSPS) is 11.7. The Morgan fingerprint density at radius 2 is 1.33 bits per heavy atom. The Labute approximate surface area is 320 Å². The number of benzene rings is 4. The zero-order valence-corrected chi connectivity index (χ0v) is 33.0. The molecule has 8 aromatic rings. The first-order valence-electron chi connectivity index (χ1n) is 17.6. The van der Waals surface area contributed by atoms with E-state index in [1.807, 2.05) is 54.7 Å². The van der Waals surface area contributed by atoms with Gasteiger partial charge >= 0.3 is 0 Å². The van der Waals surface area contributed by atoms with Gasteiger partial charge in [0.2, 0.25) is 0 Å². The second-order valence-corrected chi connectivity index (χ2v) is 15.6. The van der Waals surface area contributed by atoms with Crippen molar-refractivity contribution in [1.82, 2.24) is 15.0 Å². The maximum Gasteiger partial charge on any atom is 0.147 e. The Morgan fingerprint density at radius 1 is 0.596 bits per heavy atom. The molecule has 0 fully saturated rings. The number of fused-ring (bicyclic) bond motifs is 5. The van der Waals surface area contributed by atoms with E-state index >= 15 is 0 Å². The van der Waals surface area contributed by atoms with Gasteiger partial charge in [-0.05, 0) is 69.9 Å². The molecule has 0 N–H and O–H groups in total. The van der Waals surface area contributed by atoms with Gasteiger partial charge in [-0.1, -0.05) is 113 Å². The summed E-state index contributed by atoms with van der Waals surface area (Å²) in [5.41, 5.74) is 11.7. The van der Waals surface area contributed by atoms with Crippen LogP contribution < -0.4 is 0 Å². The summed E-state index contributed by atoms with van der Waals surface area (Å²) in [6.45, 7) is 13.5. The van der Waals surface area contributed by atoms with Gasteiger partial charge in [0.05, 0.1) is 5.58 Å². The van der Waals surface area contributed by atoms with E-state index in [0.717, 1.165) is 73.9 Å². The smallest absolute Gasteiger partial charge is 0.147 e. The molecule has 0 saturated carbocycles. The van der Waals surface area contributed by atoms with E-state index in [0.29, 0.717) is 5.41 Å². The third-order valence-corrected chi connectivity index (χ3v) is 8.72. The van der Waals surface area contributed by atoms with Crippen LogP contribution in [0.1, 0.15) is 52.8 Å². The van der Waals surface area contributed by atoms with Crippen molar-refractivity contribution < 1.29 is 24.5 Å². The van der Waals surface area contributed by atoms with Gasteiger partial charge < -0.3 is 14.4 Å². The molecule has 5 heteroatoms. The summed E-state index contributed by atoms with van der Waals surface area (Å²) in [5, 5.41) is 3.24. The standard InChI is InChI=1S/C25H21N2O.C22H22N.Ir/c1-25(2,3)15-17-12-10-16-11-13-19-18-7-6-8-20(21-9-4-5-14-26-21)23(18)28-24(19)22(16)27-17;1-22(2,3)16-17-9-11-18(12-10-17)20-13-14-23-21(15-20)19-7-5-4-6-8-19;/h4-7,9-14H,15H2,1-3H3;4-7,9-15H,16H2,1-3H3;/q2*-1;. The predicted molar refractivity (Wildman–Crippen MR) is 211 cm³/mol. The Hall–Kier alpha value is -4.96. The first kappa shape index (κ1) is 36.8. The maximum absolute atomic E-state index is 6.40. The van der Waals surface area contributed by atoms with E-state index in [9.17, 15) is 0 Å². The molecule has 1 radical (unpaired) electrons. The quantitative estimate of drug-likeness (QED) is 0.162. The number of nitrogens with zero attached hydrogens (tertiary/aromatic N) is 3. The molecule has 0 aliphatic heterocycles. The molecule has 4 heterocycles. The summed E-state index contributed by atoms with van der Waals surface area (Å²) < 4.78 is 6.40. The molecule has 0 unspecified atom stereocenters. The summed E-state index contributed by atoms with van der Waals surface area (Å²) in [5.74, 6) is 0. The van der Waals surface area contributed by atoms with Crippen molar-refractivity contribution in [3.8, 4) is 33.6 Å². The van der Waals surface area contributed by atoms with Gasteiger partial charge in [-0.3, -0.25) is 0 Å². The summed E-state index contributed by atoms with van der Waals surface area (Å²) in [6, 6.07) is 45.9. The molecule has 0 amide bonds. The Balaban J connectivity index is 0.000000179. The molecular formula is C47H43IrN3O-2. The Kier molecular flexibility index (Phi) is 10.9. The SMILES string of the molecule is CC(C)(C)Cc1ccc(-c2ccnc(-c3[c-]cccc3)c2)cc1.CC(C)(C)Cc1ccc2ccc3c4cc[c-]c(-c5ccccn5)c4oc3c2n1.[Ir]. The number of rotatable bonds is 5. The molecule has 4 aromatic heterocycles. The zero-order valence-electron chi connectivity index (χ0n) is 30.6. The zero-order chi connectivity index (χ0) is 35.6. The van der Waals surface area contributed by atoms with Crippen molar-refractivity contribution in [1.29, 1.82) is 0 Å². The number of hydrogen-bond acceptors (Lipinski definition) is 4. The fraction of sp³-hybridized carbons (Fsp3) is 0.213. The van der Waals surface area contributed by atoms with Crippen LogP contribution >= 0.6 is 0 Å². The molecule has 8 rings (SSSR count). The molecule has 0 aliphatic rings. The van der Waals surface area contributed by atoms with Crippen LogP contribution in [-0.4, -0.2) is 15.0 Å². The topological polar surface area (TPSA) is 51.8 Å². The second-order valence-electron chi connectivity index (χ2n) is 15.6. The third kappa shape index (κ3) is 8.56. The predicted octanol–water partition coefficient (Wildman–Crippen LogP) is 12.4. The van der Waals surface area contributed by atoms with E-state index in [4.69, 9.17) is 9.40 Å². The minimum atomic E-state index is 0. The van der Waals surface area contributed by atoms with Crippen molar-refractivity contribution >= 4 is 32.8 Å². The van der Waals surface area contributed by atoms with Crippen molar-refractivity contribution in [2.75, 3.05) is 0 Å². The Bertz CT molecular complexity index is 2420. The summed E-state index contributed by atoms with van der Waals surface area (Å²) in [6.07, 6.45) is 5.68. The van der Waals surface area contributed by atoms with Crippen LogP contribution in [0, 0.1) is 23.0 Å². The first-order valence-corrected chi connectivity index (χ1v) is 17.6. The number of pyridine rings is 3. The first-order chi connectivity index (χ1) is 24.5. The summed E-state index contributed by atoms with van der Waals surface area (Å²) in [4.78, 5) is 13.9. The number of furan rings is 1. The van der Waals surface area contributed by atoms with Crippen LogP contribution in [0.25, 0.3) is 66.5 Å². The largest absolute Gasteiger partial charge is 0.498 e. The molecule has 4 aromatic carbocycles. The van der Waals surface area contributed by atoms with Gasteiger partial charge in [-0.25, -0.2) is 4.98 Å². The molecule has 0 atom stereocenters. The van der Waals surface area contributed by atoms with Gasteiger partial charge in [-0.2, -0.15) is 0 Å². The minimum Gasteiger partial charge on any atom is -0.498 e. The molecule has 263 valence electrons. The van der Waals surface area contributed by atoms with Crippen LogP contribution in [0.4, 0.5) is 0 Å². The van der Waals surface area contributed by atoms with Crippen LogP contribution in [0.15, 0.2) is 132 Å². The molecule has 0 aliphatic carbocycles. The third-order valence-electron chi connectivity index (χ3n) is 8.72.